The van der Waals surface area contributed by atoms with Crippen LogP contribution in [0.25, 0.3) is 0 Å². The molecule has 0 aliphatic carbocycles. The molecule has 0 saturated carbocycles. The fraction of sp³-hybridized carbons (Fsp3) is 0.231. The topological polar surface area (TPSA) is 48.4 Å². The Labute approximate surface area is 94.8 Å². The minimum absolute atomic E-state index is 0.226. The van der Waals surface area contributed by atoms with E-state index in [0.717, 1.165) is 17.1 Å². The first-order valence-corrected chi connectivity index (χ1v) is 5.27. The van der Waals surface area contributed by atoms with Gasteiger partial charge in [0.05, 0.1) is 6.26 Å². The van der Waals surface area contributed by atoms with Gasteiger partial charge in [-0.15, -0.1) is 0 Å². The summed E-state index contributed by atoms with van der Waals surface area (Å²) in [5.74, 6) is 1.60. The number of aryl methyl sites for hydroxylation is 1. The van der Waals surface area contributed by atoms with Gasteiger partial charge in [0.15, 0.2) is 6.10 Å². The van der Waals surface area contributed by atoms with Gasteiger partial charge >= 0.3 is 0 Å². The lowest BCUT2D eigenvalue weighted by Crippen LogP contribution is -2.18. The minimum atomic E-state index is -0.226. The predicted octanol–water partition coefficient (Wildman–Crippen LogP) is 2.67. The summed E-state index contributed by atoms with van der Waals surface area (Å²) in [6.07, 6.45) is 1.40. The van der Waals surface area contributed by atoms with E-state index in [0.29, 0.717) is 6.54 Å². The largest absolute Gasteiger partial charge is 0.481 e. The fourth-order valence-electron chi connectivity index (χ4n) is 1.54. The lowest BCUT2D eigenvalue weighted by molar-refractivity contribution is 0.183. The Bertz CT molecular complexity index is 437. The second-order valence-corrected chi connectivity index (χ2v) is 3.62. The van der Waals surface area contributed by atoms with Gasteiger partial charge in [0.1, 0.15) is 11.5 Å². The van der Waals surface area contributed by atoms with Crippen molar-refractivity contribution in [1.82, 2.24) is 0 Å². The number of furan rings is 1. The molecule has 0 aliphatic heterocycles. The summed E-state index contributed by atoms with van der Waals surface area (Å²) in [5.41, 5.74) is 6.77. The number of hydrogen-bond donors (Lipinski definition) is 1. The number of hydrogen-bond acceptors (Lipinski definition) is 3. The molecule has 0 aliphatic rings. The van der Waals surface area contributed by atoms with Crippen molar-refractivity contribution in [2.45, 2.75) is 13.0 Å². The van der Waals surface area contributed by atoms with Gasteiger partial charge in [0.25, 0.3) is 0 Å². The first-order chi connectivity index (χ1) is 7.81. The first kappa shape index (κ1) is 10.8. The molecule has 84 valence electrons. The van der Waals surface area contributed by atoms with Crippen molar-refractivity contribution in [2.24, 2.45) is 5.73 Å². The molecule has 2 rings (SSSR count). The van der Waals surface area contributed by atoms with Crippen LogP contribution in [0.2, 0.25) is 0 Å². The quantitative estimate of drug-likeness (QED) is 0.856. The molecule has 16 heavy (non-hydrogen) atoms. The first-order valence-electron chi connectivity index (χ1n) is 5.27. The molecule has 2 N–H and O–H groups in total. The second kappa shape index (κ2) is 4.86. The maximum Gasteiger partial charge on any atom is 0.168 e. The molecule has 1 unspecified atom stereocenters. The highest BCUT2D eigenvalue weighted by atomic mass is 16.5. The molecule has 1 aromatic heterocycles. The average molecular weight is 217 g/mol. The van der Waals surface area contributed by atoms with Crippen LogP contribution in [-0.2, 0) is 0 Å². The van der Waals surface area contributed by atoms with E-state index < -0.39 is 0 Å². The summed E-state index contributed by atoms with van der Waals surface area (Å²) in [4.78, 5) is 0. The molecular weight excluding hydrogens is 202 g/mol. The van der Waals surface area contributed by atoms with E-state index in [1.807, 2.05) is 43.3 Å². The molecule has 1 atom stereocenters. The standard InChI is InChI=1S/C13H15NO2/c1-10-5-2-3-6-11(10)16-13(9-14)12-7-4-8-15-12/h2-8,13H,9,14H2,1H3. The zero-order chi connectivity index (χ0) is 11.4. The highest BCUT2D eigenvalue weighted by molar-refractivity contribution is 5.32. The number of nitrogens with two attached hydrogens (primary N) is 1. The van der Waals surface area contributed by atoms with Gasteiger partial charge in [-0.05, 0) is 30.7 Å². The molecule has 1 aromatic carbocycles. The molecule has 0 saturated heterocycles. The van der Waals surface area contributed by atoms with E-state index in [1.54, 1.807) is 6.26 Å². The lowest BCUT2D eigenvalue weighted by atomic mass is 10.2. The predicted molar refractivity (Wildman–Crippen MR) is 62.3 cm³/mol. The minimum Gasteiger partial charge on any atom is -0.481 e. The number of rotatable bonds is 4. The van der Waals surface area contributed by atoms with Gasteiger partial charge in [-0.2, -0.15) is 0 Å². The number of ether oxygens (including phenoxy) is 1. The molecule has 0 bridgehead atoms. The van der Waals surface area contributed by atoms with Gasteiger partial charge in [-0.25, -0.2) is 0 Å². The van der Waals surface area contributed by atoms with E-state index in [1.165, 1.54) is 0 Å². The van der Waals surface area contributed by atoms with Crippen LogP contribution in [0.3, 0.4) is 0 Å². The molecule has 1 heterocycles. The average Bonchev–Trinajstić information content (AvgIpc) is 2.81. The number of para-hydroxylation sites is 1. The molecule has 3 nitrogen and oxygen atoms in total. The van der Waals surface area contributed by atoms with Gasteiger partial charge in [0.2, 0.25) is 0 Å². The van der Waals surface area contributed by atoms with Gasteiger partial charge in [-0.3, -0.25) is 0 Å². The molecule has 3 heteroatoms. The van der Waals surface area contributed by atoms with Gasteiger partial charge in [0, 0.05) is 6.54 Å². The van der Waals surface area contributed by atoms with E-state index in [-0.39, 0.29) is 6.10 Å². The zero-order valence-electron chi connectivity index (χ0n) is 9.22. The van der Waals surface area contributed by atoms with E-state index >= 15 is 0 Å². The Hall–Kier alpha value is -1.74. The Kier molecular flexibility index (Phi) is 3.27. The summed E-state index contributed by atoms with van der Waals surface area (Å²) in [7, 11) is 0. The zero-order valence-corrected chi connectivity index (χ0v) is 9.22. The highest BCUT2D eigenvalue weighted by Crippen LogP contribution is 2.24. The molecule has 0 amide bonds. The third-order valence-electron chi connectivity index (χ3n) is 2.44. The third-order valence-corrected chi connectivity index (χ3v) is 2.44. The number of benzene rings is 1. The summed E-state index contributed by atoms with van der Waals surface area (Å²) in [6.45, 7) is 2.40. The molecule has 2 aromatic rings. The van der Waals surface area contributed by atoms with Crippen LogP contribution < -0.4 is 10.5 Å². The van der Waals surface area contributed by atoms with Crippen LogP contribution in [0.5, 0.6) is 5.75 Å². The van der Waals surface area contributed by atoms with Crippen molar-refractivity contribution in [3.05, 3.63) is 54.0 Å². The summed E-state index contributed by atoms with van der Waals surface area (Å²) in [5, 5.41) is 0. The van der Waals surface area contributed by atoms with Crippen molar-refractivity contribution in [2.75, 3.05) is 6.54 Å². The molecule has 0 fully saturated rings. The third kappa shape index (κ3) is 2.25. The molecule has 0 spiro atoms. The Morgan fingerprint density at radius 1 is 1.25 bits per heavy atom. The summed E-state index contributed by atoms with van der Waals surface area (Å²) < 4.78 is 11.1. The normalized spacial score (nSPS) is 12.4. The van der Waals surface area contributed by atoms with Crippen LogP contribution in [0.1, 0.15) is 17.4 Å². The second-order valence-electron chi connectivity index (χ2n) is 3.62. The molecule has 0 radical (unpaired) electrons. The van der Waals surface area contributed by atoms with Crippen LogP contribution in [0.15, 0.2) is 47.1 Å². The van der Waals surface area contributed by atoms with E-state index in [4.69, 9.17) is 14.9 Å². The van der Waals surface area contributed by atoms with Gasteiger partial charge in [-0.1, -0.05) is 18.2 Å². The summed E-state index contributed by atoms with van der Waals surface area (Å²) >= 11 is 0. The van der Waals surface area contributed by atoms with Crippen LogP contribution >= 0.6 is 0 Å². The fourth-order valence-corrected chi connectivity index (χ4v) is 1.54. The van der Waals surface area contributed by atoms with Crippen LogP contribution in [0.4, 0.5) is 0 Å². The molecular formula is C13H15NO2. The van der Waals surface area contributed by atoms with Crippen molar-refractivity contribution in [3.8, 4) is 5.75 Å². The van der Waals surface area contributed by atoms with Gasteiger partial charge < -0.3 is 14.9 Å². The smallest absolute Gasteiger partial charge is 0.168 e. The van der Waals surface area contributed by atoms with Crippen LogP contribution in [0, 0.1) is 6.92 Å². The SMILES string of the molecule is Cc1ccccc1OC(CN)c1ccco1. The Morgan fingerprint density at radius 3 is 2.69 bits per heavy atom. The monoisotopic (exact) mass is 217 g/mol. The van der Waals surface area contributed by atoms with Crippen molar-refractivity contribution in [1.29, 1.82) is 0 Å². The van der Waals surface area contributed by atoms with E-state index in [2.05, 4.69) is 0 Å². The highest BCUT2D eigenvalue weighted by Gasteiger charge is 2.14. The van der Waals surface area contributed by atoms with Crippen molar-refractivity contribution < 1.29 is 9.15 Å². The summed E-state index contributed by atoms with van der Waals surface area (Å²) in [6, 6.07) is 11.6. The van der Waals surface area contributed by atoms with Crippen molar-refractivity contribution >= 4 is 0 Å². The van der Waals surface area contributed by atoms with Crippen LogP contribution in [-0.4, -0.2) is 6.54 Å². The lowest BCUT2D eigenvalue weighted by Gasteiger charge is -2.16. The Morgan fingerprint density at radius 2 is 2.06 bits per heavy atom. The van der Waals surface area contributed by atoms with E-state index in [9.17, 15) is 0 Å². The maximum atomic E-state index is 5.82. The maximum absolute atomic E-state index is 5.82. The Balaban J connectivity index is 2.17. The van der Waals surface area contributed by atoms with Crippen molar-refractivity contribution in [3.63, 3.8) is 0 Å².